The minimum atomic E-state index is -3.22. The lowest BCUT2D eigenvalue weighted by Crippen LogP contribution is -2.48. The lowest BCUT2D eigenvalue weighted by atomic mass is 10.1. The van der Waals surface area contributed by atoms with Crippen molar-refractivity contribution in [1.82, 2.24) is 9.62 Å². The van der Waals surface area contributed by atoms with Gasteiger partial charge >= 0.3 is 0 Å². The standard InChI is InChI=1S/C22H28N4O6S2/c1-30-18-13-15(14-19(31-2)20(18)32-3)21(27)24-22(33)23-16-7-5-6-8-17(16)25-9-11-26(12-10-25)34(4,28)29/h5-8,13-14H,9-12H2,1-4H3,(H2,23,24,27,33). The third-order valence-electron chi connectivity index (χ3n) is 5.35. The molecule has 0 atom stereocenters. The first-order valence-corrected chi connectivity index (χ1v) is 12.6. The summed E-state index contributed by atoms with van der Waals surface area (Å²) in [5.74, 6) is 0.636. The van der Waals surface area contributed by atoms with Gasteiger partial charge in [0.2, 0.25) is 15.8 Å². The highest BCUT2D eigenvalue weighted by Gasteiger charge is 2.25. The number of nitrogens with zero attached hydrogens (tertiary/aromatic N) is 2. The smallest absolute Gasteiger partial charge is 0.257 e. The molecule has 0 aromatic heterocycles. The molecule has 0 aliphatic carbocycles. The van der Waals surface area contributed by atoms with Crippen molar-refractivity contribution in [3.05, 3.63) is 42.0 Å². The number of benzene rings is 2. The molecule has 0 spiro atoms. The number of carbonyl (C=O) groups excluding carboxylic acids is 1. The first-order chi connectivity index (χ1) is 16.2. The molecule has 34 heavy (non-hydrogen) atoms. The predicted octanol–water partition coefficient (Wildman–Crippen LogP) is 1.92. The number of carbonyl (C=O) groups is 1. The summed E-state index contributed by atoms with van der Waals surface area (Å²) in [6.07, 6.45) is 1.22. The number of nitrogens with one attached hydrogen (secondary N) is 2. The second kappa shape index (κ2) is 10.9. The van der Waals surface area contributed by atoms with Crippen LogP contribution in [0, 0.1) is 0 Å². The first kappa shape index (κ1) is 25.5. The molecule has 2 aromatic rings. The zero-order valence-corrected chi connectivity index (χ0v) is 21.1. The Morgan fingerprint density at radius 3 is 2.09 bits per heavy atom. The zero-order valence-electron chi connectivity index (χ0n) is 19.5. The molecule has 1 amide bonds. The summed E-state index contributed by atoms with van der Waals surface area (Å²) in [6, 6.07) is 10.6. The molecule has 1 fully saturated rings. The third-order valence-corrected chi connectivity index (χ3v) is 6.86. The second-order valence-corrected chi connectivity index (χ2v) is 9.88. The lowest BCUT2D eigenvalue weighted by Gasteiger charge is -2.35. The van der Waals surface area contributed by atoms with Gasteiger partial charge in [0, 0.05) is 31.7 Å². The van der Waals surface area contributed by atoms with Gasteiger partial charge in [-0.3, -0.25) is 10.1 Å². The Kier molecular flexibility index (Phi) is 8.18. The Labute approximate surface area is 204 Å². The van der Waals surface area contributed by atoms with Crippen molar-refractivity contribution < 1.29 is 27.4 Å². The van der Waals surface area contributed by atoms with Crippen LogP contribution in [0.4, 0.5) is 11.4 Å². The quantitative estimate of drug-likeness (QED) is 0.542. The van der Waals surface area contributed by atoms with Crippen molar-refractivity contribution in [3.8, 4) is 17.2 Å². The summed E-state index contributed by atoms with van der Waals surface area (Å²) in [7, 11) is 1.21. The van der Waals surface area contributed by atoms with Gasteiger partial charge in [0.1, 0.15) is 0 Å². The van der Waals surface area contributed by atoms with Crippen molar-refractivity contribution in [1.29, 1.82) is 0 Å². The highest BCUT2D eigenvalue weighted by Crippen LogP contribution is 2.38. The lowest BCUT2D eigenvalue weighted by molar-refractivity contribution is 0.0977. The Bertz CT molecular complexity index is 1140. The van der Waals surface area contributed by atoms with E-state index in [1.165, 1.54) is 44.0 Å². The van der Waals surface area contributed by atoms with Crippen LogP contribution in [0.2, 0.25) is 0 Å². The SMILES string of the molecule is COc1cc(C(=O)NC(=S)Nc2ccccc2N2CCN(S(C)(=O)=O)CC2)cc(OC)c1OC. The van der Waals surface area contributed by atoms with Gasteiger partial charge in [-0.25, -0.2) is 8.42 Å². The second-order valence-electron chi connectivity index (χ2n) is 7.49. The molecular formula is C22H28N4O6S2. The fourth-order valence-corrected chi connectivity index (χ4v) is 4.69. The molecule has 0 unspecified atom stereocenters. The van der Waals surface area contributed by atoms with Crippen LogP contribution in [0.1, 0.15) is 10.4 Å². The van der Waals surface area contributed by atoms with Gasteiger partial charge in [0.25, 0.3) is 5.91 Å². The number of ether oxygens (including phenoxy) is 3. The zero-order chi connectivity index (χ0) is 24.9. The Balaban J connectivity index is 1.71. The third kappa shape index (κ3) is 5.88. The van der Waals surface area contributed by atoms with Gasteiger partial charge in [0.15, 0.2) is 16.6 Å². The van der Waals surface area contributed by atoms with Crippen molar-refractivity contribution >= 4 is 44.6 Å². The number of piperazine rings is 1. The van der Waals surface area contributed by atoms with Gasteiger partial charge in [0.05, 0.1) is 39.0 Å². The van der Waals surface area contributed by atoms with Crippen LogP contribution in [0.25, 0.3) is 0 Å². The molecule has 1 aliphatic rings. The maximum absolute atomic E-state index is 12.8. The van der Waals surface area contributed by atoms with Gasteiger partial charge < -0.3 is 24.4 Å². The summed E-state index contributed by atoms with van der Waals surface area (Å²) in [5.41, 5.74) is 1.84. The summed E-state index contributed by atoms with van der Waals surface area (Å²) >= 11 is 5.38. The molecular weight excluding hydrogens is 480 g/mol. The van der Waals surface area contributed by atoms with Gasteiger partial charge in [-0.1, -0.05) is 12.1 Å². The molecule has 1 aliphatic heterocycles. The van der Waals surface area contributed by atoms with Crippen molar-refractivity contribution in [2.75, 3.05) is 64.0 Å². The summed E-state index contributed by atoms with van der Waals surface area (Å²) in [4.78, 5) is 14.9. The van der Waals surface area contributed by atoms with Gasteiger partial charge in [-0.05, 0) is 36.5 Å². The van der Waals surface area contributed by atoms with Crippen LogP contribution in [-0.4, -0.2) is 77.5 Å². The van der Waals surface area contributed by atoms with E-state index in [0.717, 1.165) is 5.69 Å². The fourth-order valence-electron chi connectivity index (χ4n) is 3.66. The molecule has 1 heterocycles. The molecule has 2 N–H and O–H groups in total. The molecule has 12 heteroatoms. The van der Waals surface area contributed by atoms with E-state index in [4.69, 9.17) is 26.4 Å². The number of hydrogen-bond donors (Lipinski definition) is 2. The normalized spacial score (nSPS) is 14.3. The van der Waals surface area contributed by atoms with Crippen LogP contribution in [0.15, 0.2) is 36.4 Å². The van der Waals surface area contributed by atoms with E-state index in [1.54, 1.807) is 0 Å². The van der Waals surface area contributed by atoms with Crippen LogP contribution in [0.3, 0.4) is 0 Å². The summed E-state index contributed by atoms with van der Waals surface area (Å²) in [5, 5.41) is 5.85. The van der Waals surface area contributed by atoms with Crippen LogP contribution >= 0.6 is 12.2 Å². The van der Waals surface area contributed by atoms with Crippen molar-refractivity contribution in [3.63, 3.8) is 0 Å². The average Bonchev–Trinajstić information content (AvgIpc) is 2.82. The number of hydrogen-bond acceptors (Lipinski definition) is 8. The van der Waals surface area contributed by atoms with E-state index < -0.39 is 15.9 Å². The first-order valence-electron chi connectivity index (χ1n) is 10.4. The maximum atomic E-state index is 12.8. The number of anilines is 2. The monoisotopic (exact) mass is 508 g/mol. The Morgan fingerprint density at radius 2 is 1.56 bits per heavy atom. The molecule has 184 valence electrons. The number of methoxy groups -OCH3 is 3. The topological polar surface area (TPSA) is 109 Å². The summed E-state index contributed by atoms with van der Waals surface area (Å²) < 4.78 is 40.9. The molecule has 0 bridgehead atoms. The van der Waals surface area contributed by atoms with Gasteiger partial charge in [-0.2, -0.15) is 4.31 Å². The number of thiocarbonyl (C=S) groups is 1. The molecule has 10 nitrogen and oxygen atoms in total. The highest BCUT2D eigenvalue weighted by molar-refractivity contribution is 7.88. The van der Waals surface area contributed by atoms with E-state index in [0.29, 0.717) is 49.1 Å². The Hall–Kier alpha value is -3.09. The Morgan fingerprint density at radius 1 is 0.971 bits per heavy atom. The average molecular weight is 509 g/mol. The number of rotatable bonds is 7. The number of para-hydroxylation sites is 2. The van der Waals surface area contributed by atoms with E-state index in [1.807, 2.05) is 24.3 Å². The molecule has 0 saturated carbocycles. The van der Waals surface area contributed by atoms with E-state index in [-0.39, 0.29) is 10.7 Å². The molecule has 3 rings (SSSR count). The number of amides is 1. The van der Waals surface area contributed by atoms with Crippen LogP contribution < -0.4 is 29.7 Å². The van der Waals surface area contributed by atoms with Crippen molar-refractivity contribution in [2.24, 2.45) is 0 Å². The predicted molar refractivity (Wildman–Crippen MR) is 135 cm³/mol. The molecule has 0 radical (unpaired) electrons. The van der Waals surface area contributed by atoms with Crippen LogP contribution in [0.5, 0.6) is 17.2 Å². The van der Waals surface area contributed by atoms with E-state index in [9.17, 15) is 13.2 Å². The number of sulfonamides is 1. The largest absolute Gasteiger partial charge is 0.493 e. The highest BCUT2D eigenvalue weighted by atomic mass is 32.2. The minimum absolute atomic E-state index is 0.112. The summed E-state index contributed by atoms with van der Waals surface area (Å²) in [6.45, 7) is 1.87. The minimum Gasteiger partial charge on any atom is -0.493 e. The van der Waals surface area contributed by atoms with Crippen molar-refractivity contribution in [2.45, 2.75) is 0 Å². The molecule has 1 saturated heterocycles. The molecule has 2 aromatic carbocycles. The van der Waals surface area contributed by atoms with E-state index in [2.05, 4.69) is 15.5 Å². The van der Waals surface area contributed by atoms with Crippen LogP contribution in [-0.2, 0) is 10.0 Å². The maximum Gasteiger partial charge on any atom is 0.257 e. The van der Waals surface area contributed by atoms with E-state index >= 15 is 0 Å². The fraction of sp³-hybridized carbons (Fsp3) is 0.364. The van der Waals surface area contributed by atoms with Gasteiger partial charge in [-0.15, -0.1) is 0 Å².